The number of unbranched alkanes of at least 4 members (excludes halogenated alkanes) is 2. The fourth-order valence-corrected chi connectivity index (χ4v) is 2.41. The van der Waals surface area contributed by atoms with E-state index in [1.165, 1.54) is 19.3 Å². The lowest BCUT2D eigenvalue weighted by Gasteiger charge is -2.14. The summed E-state index contributed by atoms with van der Waals surface area (Å²) in [6.45, 7) is 6.74. The van der Waals surface area contributed by atoms with Gasteiger partial charge in [0.25, 0.3) is 0 Å². The molecule has 0 aromatic carbocycles. The van der Waals surface area contributed by atoms with Gasteiger partial charge in [-0.2, -0.15) is 0 Å². The van der Waals surface area contributed by atoms with E-state index in [4.69, 9.17) is 9.47 Å². The van der Waals surface area contributed by atoms with Gasteiger partial charge in [-0.1, -0.05) is 33.1 Å². The maximum absolute atomic E-state index is 10.4. The molecular formula is C14H29O5S-. The summed E-state index contributed by atoms with van der Waals surface area (Å²) in [6.07, 6.45) is 5.79. The number of hydrogen-bond acceptors (Lipinski definition) is 5. The van der Waals surface area contributed by atoms with Gasteiger partial charge in [-0.15, -0.1) is 0 Å². The second-order valence-electron chi connectivity index (χ2n) is 5.07. The molecule has 0 fully saturated rings. The summed E-state index contributed by atoms with van der Waals surface area (Å²) in [5.74, 6) is 0.333. The molecule has 0 amide bonds. The van der Waals surface area contributed by atoms with Gasteiger partial charge in [0.15, 0.2) is 0 Å². The zero-order valence-electron chi connectivity index (χ0n) is 12.8. The second-order valence-corrected chi connectivity index (χ2v) is 6.60. The van der Waals surface area contributed by atoms with Crippen molar-refractivity contribution in [2.75, 3.05) is 32.2 Å². The Bertz CT molecular complexity index is 303. The highest BCUT2D eigenvalue weighted by molar-refractivity contribution is 7.85. The third-order valence-electron chi connectivity index (χ3n) is 3.20. The summed E-state index contributed by atoms with van der Waals surface area (Å²) in [5, 5.41) is 0. The number of rotatable bonds is 14. The Labute approximate surface area is 123 Å². The summed E-state index contributed by atoms with van der Waals surface area (Å²) in [5.41, 5.74) is 0. The predicted octanol–water partition coefficient (Wildman–Crippen LogP) is 2.56. The van der Waals surface area contributed by atoms with Crippen LogP contribution in [0.2, 0.25) is 0 Å². The molecule has 5 nitrogen and oxygen atoms in total. The summed E-state index contributed by atoms with van der Waals surface area (Å²) < 4.78 is 42.0. The number of hydrogen-bond donors (Lipinski definition) is 0. The minimum Gasteiger partial charge on any atom is -0.748 e. The molecule has 0 N–H and O–H groups in total. The minimum absolute atomic E-state index is 0.303. The molecule has 0 radical (unpaired) electrons. The van der Waals surface area contributed by atoms with Crippen molar-refractivity contribution in [2.45, 2.75) is 52.4 Å². The Hall–Kier alpha value is -0.170. The second kappa shape index (κ2) is 12.6. The van der Waals surface area contributed by atoms with Crippen LogP contribution in [-0.4, -0.2) is 45.2 Å². The van der Waals surface area contributed by atoms with E-state index in [9.17, 15) is 13.0 Å². The van der Waals surface area contributed by atoms with Crippen molar-refractivity contribution >= 4 is 10.1 Å². The van der Waals surface area contributed by atoms with Crippen LogP contribution in [0.5, 0.6) is 0 Å². The SMILES string of the molecule is CCCCC(CC)COCCOCCCCS(=O)(=O)[O-]. The smallest absolute Gasteiger partial charge is 0.0945 e. The molecular weight excluding hydrogens is 280 g/mol. The van der Waals surface area contributed by atoms with Crippen LogP contribution in [0, 0.1) is 5.92 Å². The van der Waals surface area contributed by atoms with Crippen LogP contribution >= 0.6 is 0 Å². The molecule has 0 aliphatic carbocycles. The van der Waals surface area contributed by atoms with Crippen LogP contribution in [0.4, 0.5) is 0 Å². The molecule has 1 atom stereocenters. The third kappa shape index (κ3) is 14.2. The molecule has 20 heavy (non-hydrogen) atoms. The molecule has 122 valence electrons. The largest absolute Gasteiger partial charge is 0.748 e. The average Bonchev–Trinajstić information content (AvgIpc) is 2.39. The molecule has 0 aromatic heterocycles. The van der Waals surface area contributed by atoms with Gasteiger partial charge in [0.05, 0.1) is 23.3 Å². The molecule has 0 rings (SSSR count). The topological polar surface area (TPSA) is 75.7 Å². The maximum Gasteiger partial charge on any atom is 0.0945 e. The van der Waals surface area contributed by atoms with E-state index in [2.05, 4.69) is 13.8 Å². The van der Waals surface area contributed by atoms with Crippen molar-refractivity contribution in [1.82, 2.24) is 0 Å². The molecule has 0 saturated heterocycles. The molecule has 1 unspecified atom stereocenters. The van der Waals surface area contributed by atoms with Crippen LogP contribution < -0.4 is 0 Å². The molecule has 0 bridgehead atoms. The summed E-state index contributed by atoms with van der Waals surface area (Å²) >= 11 is 0. The lowest BCUT2D eigenvalue weighted by molar-refractivity contribution is 0.0305. The summed E-state index contributed by atoms with van der Waals surface area (Å²) in [7, 11) is -4.08. The van der Waals surface area contributed by atoms with Crippen LogP contribution in [0.3, 0.4) is 0 Å². The zero-order valence-corrected chi connectivity index (χ0v) is 13.6. The van der Waals surface area contributed by atoms with Crippen molar-refractivity contribution in [3.05, 3.63) is 0 Å². The van der Waals surface area contributed by atoms with Crippen LogP contribution in [-0.2, 0) is 19.6 Å². The number of ether oxygens (including phenoxy) is 2. The van der Waals surface area contributed by atoms with Gasteiger partial charge in [-0.3, -0.25) is 0 Å². The van der Waals surface area contributed by atoms with E-state index >= 15 is 0 Å². The van der Waals surface area contributed by atoms with E-state index in [1.807, 2.05) is 0 Å². The highest BCUT2D eigenvalue weighted by Crippen LogP contribution is 2.12. The standard InChI is InChI=1S/C14H30O5S/c1-3-5-8-14(4-2)13-19-11-10-18-9-6-7-12-20(15,16)17/h14H,3-13H2,1-2H3,(H,15,16,17)/p-1. The first-order valence-corrected chi connectivity index (χ1v) is 9.16. The predicted molar refractivity (Wildman–Crippen MR) is 78.7 cm³/mol. The lowest BCUT2D eigenvalue weighted by atomic mass is 10.0. The van der Waals surface area contributed by atoms with E-state index < -0.39 is 10.1 Å². The Morgan fingerprint density at radius 1 is 1.00 bits per heavy atom. The van der Waals surface area contributed by atoms with Crippen molar-refractivity contribution in [3.63, 3.8) is 0 Å². The molecule has 6 heteroatoms. The quantitative estimate of drug-likeness (QED) is 0.364. The highest BCUT2D eigenvalue weighted by Gasteiger charge is 2.05. The average molecular weight is 309 g/mol. The van der Waals surface area contributed by atoms with Crippen LogP contribution in [0.1, 0.15) is 52.4 Å². The minimum atomic E-state index is -4.08. The van der Waals surface area contributed by atoms with Gasteiger partial charge < -0.3 is 14.0 Å². The molecule has 0 heterocycles. The van der Waals surface area contributed by atoms with Gasteiger partial charge >= 0.3 is 0 Å². The van der Waals surface area contributed by atoms with E-state index in [0.717, 1.165) is 13.0 Å². The molecule has 0 spiro atoms. The Kier molecular flexibility index (Phi) is 12.5. The van der Waals surface area contributed by atoms with Gasteiger partial charge in [0, 0.05) is 19.0 Å². The van der Waals surface area contributed by atoms with Crippen molar-refractivity contribution in [1.29, 1.82) is 0 Å². The fourth-order valence-electron chi connectivity index (χ4n) is 1.85. The Morgan fingerprint density at radius 2 is 1.70 bits per heavy atom. The Balaban J connectivity index is 3.31. The van der Waals surface area contributed by atoms with Gasteiger partial charge in [0.1, 0.15) is 0 Å². The van der Waals surface area contributed by atoms with E-state index in [1.54, 1.807) is 0 Å². The highest BCUT2D eigenvalue weighted by atomic mass is 32.2. The first-order valence-electron chi connectivity index (χ1n) is 7.58. The maximum atomic E-state index is 10.4. The van der Waals surface area contributed by atoms with Crippen molar-refractivity contribution in [2.24, 2.45) is 5.92 Å². The third-order valence-corrected chi connectivity index (χ3v) is 3.99. The molecule has 0 aliphatic rings. The van der Waals surface area contributed by atoms with Crippen LogP contribution in [0.15, 0.2) is 0 Å². The summed E-state index contributed by atoms with van der Waals surface area (Å²) in [4.78, 5) is 0. The lowest BCUT2D eigenvalue weighted by Crippen LogP contribution is -2.13. The zero-order chi connectivity index (χ0) is 15.3. The normalized spacial score (nSPS) is 13.6. The van der Waals surface area contributed by atoms with Crippen molar-refractivity contribution < 1.29 is 22.4 Å². The monoisotopic (exact) mass is 309 g/mol. The van der Waals surface area contributed by atoms with E-state index in [-0.39, 0.29) is 5.75 Å². The van der Waals surface area contributed by atoms with E-state index in [0.29, 0.717) is 38.6 Å². The van der Waals surface area contributed by atoms with Crippen LogP contribution in [0.25, 0.3) is 0 Å². The van der Waals surface area contributed by atoms with Gasteiger partial charge in [0.2, 0.25) is 0 Å². The first kappa shape index (κ1) is 19.8. The van der Waals surface area contributed by atoms with Gasteiger partial charge in [-0.25, -0.2) is 8.42 Å². The summed E-state index contributed by atoms with van der Waals surface area (Å²) in [6, 6.07) is 0. The molecule has 0 aliphatic heterocycles. The molecule has 0 saturated carbocycles. The Morgan fingerprint density at radius 3 is 2.30 bits per heavy atom. The first-order chi connectivity index (χ1) is 9.49. The van der Waals surface area contributed by atoms with Gasteiger partial charge in [-0.05, 0) is 25.2 Å². The molecule has 0 aromatic rings. The fraction of sp³-hybridized carbons (Fsp3) is 1.00. The van der Waals surface area contributed by atoms with Crippen molar-refractivity contribution in [3.8, 4) is 0 Å².